The van der Waals surface area contributed by atoms with Crippen LogP contribution in [0.5, 0.6) is 0 Å². The number of carbonyl (C=O) groups excluding carboxylic acids is 1. The third-order valence-corrected chi connectivity index (χ3v) is 6.40. The van der Waals surface area contributed by atoms with Crippen molar-refractivity contribution in [1.82, 2.24) is 10.2 Å². The Hall–Kier alpha value is -2.15. The second kappa shape index (κ2) is 8.47. The zero-order chi connectivity index (χ0) is 19.5. The van der Waals surface area contributed by atoms with E-state index in [2.05, 4.69) is 46.8 Å². The van der Waals surface area contributed by atoms with Gasteiger partial charge in [-0.1, -0.05) is 19.1 Å². The first-order valence-corrected chi connectivity index (χ1v) is 10.7. The predicted octanol–water partition coefficient (Wildman–Crippen LogP) is 4.17. The Morgan fingerprint density at radius 2 is 2.11 bits per heavy atom. The van der Waals surface area contributed by atoms with Gasteiger partial charge < -0.3 is 14.5 Å². The first-order valence-electron chi connectivity index (χ1n) is 9.82. The summed E-state index contributed by atoms with van der Waals surface area (Å²) in [6, 6.07) is 10.5. The number of hydrogen-bond acceptors (Lipinski definition) is 5. The maximum Gasteiger partial charge on any atom is 0.287 e. The number of nitrogens with one attached hydrogen (secondary N) is 1. The Balaban J connectivity index is 1.52. The van der Waals surface area contributed by atoms with Crippen molar-refractivity contribution in [2.45, 2.75) is 26.3 Å². The van der Waals surface area contributed by atoms with E-state index in [1.54, 1.807) is 11.3 Å². The Labute approximate surface area is 169 Å². The highest BCUT2D eigenvalue weighted by Crippen LogP contribution is 2.28. The highest BCUT2D eigenvalue weighted by molar-refractivity contribution is 7.10. The number of furan rings is 1. The number of benzene rings is 1. The smallest absolute Gasteiger partial charge is 0.287 e. The number of rotatable bonds is 6. The van der Waals surface area contributed by atoms with Gasteiger partial charge in [0.1, 0.15) is 5.58 Å². The molecule has 1 atom stereocenters. The fraction of sp³-hybridized carbons (Fsp3) is 0.409. The van der Waals surface area contributed by atoms with Crippen LogP contribution in [0.1, 0.15) is 39.5 Å². The average Bonchev–Trinajstić information content (AvgIpc) is 3.37. The monoisotopic (exact) mass is 398 g/mol. The second-order valence-electron chi connectivity index (χ2n) is 7.13. The van der Waals surface area contributed by atoms with Crippen molar-refractivity contribution >= 4 is 28.2 Å². The van der Waals surface area contributed by atoms with Crippen LogP contribution in [0.15, 0.2) is 40.1 Å². The van der Waals surface area contributed by atoms with Gasteiger partial charge in [-0.15, -0.1) is 11.3 Å². The second-order valence-corrected chi connectivity index (χ2v) is 8.11. The van der Waals surface area contributed by atoms with Crippen LogP contribution in [-0.4, -0.2) is 43.7 Å². The summed E-state index contributed by atoms with van der Waals surface area (Å²) in [5, 5.41) is 6.21. The third-order valence-electron chi connectivity index (χ3n) is 5.43. The van der Waals surface area contributed by atoms with Crippen molar-refractivity contribution in [1.29, 1.82) is 0 Å². The molecule has 0 bridgehead atoms. The van der Waals surface area contributed by atoms with Crippen LogP contribution < -0.4 is 5.32 Å². The lowest BCUT2D eigenvalue weighted by Gasteiger charge is -2.34. The van der Waals surface area contributed by atoms with Crippen molar-refractivity contribution in [2.24, 2.45) is 0 Å². The Bertz CT molecular complexity index is 942. The van der Waals surface area contributed by atoms with Crippen LogP contribution in [0, 0.1) is 6.92 Å². The van der Waals surface area contributed by atoms with E-state index in [4.69, 9.17) is 9.15 Å². The summed E-state index contributed by atoms with van der Waals surface area (Å²) < 4.78 is 11.4. The van der Waals surface area contributed by atoms with Gasteiger partial charge in [-0.05, 0) is 42.5 Å². The predicted molar refractivity (Wildman–Crippen MR) is 112 cm³/mol. The number of carbonyl (C=O) groups is 1. The largest absolute Gasteiger partial charge is 0.451 e. The van der Waals surface area contributed by atoms with E-state index < -0.39 is 0 Å². The lowest BCUT2D eigenvalue weighted by atomic mass is 10.1. The highest BCUT2D eigenvalue weighted by Gasteiger charge is 2.25. The minimum atomic E-state index is -0.151. The number of nitrogens with zero attached hydrogens (tertiary/aromatic N) is 1. The highest BCUT2D eigenvalue weighted by atomic mass is 32.1. The van der Waals surface area contributed by atoms with Gasteiger partial charge in [0.15, 0.2) is 5.76 Å². The van der Waals surface area contributed by atoms with Gasteiger partial charge in [0.2, 0.25) is 0 Å². The van der Waals surface area contributed by atoms with E-state index in [0.29, 0.717) is 12.3 Å². The molecule has 0 saturated carbocycles. The van der Waals surface area contributed by atoms with E-state index in [9.17, 15) is 4.79 Å². The van der Waals surface area contributed by atoms with E-state index in [-0.39, 0.29) is 11.9 Å². The van der Waals surface area contributed by atoms with Gasteiger partial charge in [0.05, 0.1) is 19.3 Å². The van der Waals surface area contributed by atoms with Crippen molar-refractivity contribution in [3.05, 3.63) is 57.5 Å². The number of ether oxygens (including phenoxy) is 1. The van der Waals surface area contributed by atoms with E-state index in [1.807, 2.05) is 13.0 Å². The first-order chi connectivity index (χ1) is 13.7. The maximum atomic E-state index is 12.9. The van der Waals surface area contributed by atoms with Crippen LogP contribution in [0.2, 0.25) is 0 Å². The van der Waals surface area contributed by atoms with Crippen molar-refractivity contribution in [2.75, 3.05) is 32.8 Å². The molecule has 28 heavy (non-hydrogen) atoms. The summed E-state index contributed by atoms with van der Waals surface area (Å²) in [7, 11) is 0. The fourth-order valence-electron chi connectivity index (χ4n) is 3.75. The Morgan fingerprint density at radius 1 is 1.29 bits per heavy atom. The van der Waals surface area contributed by atoms with Crippen LogP contribution in [0.4, 0.5) is 0 Å². The van der Waals surface area contributed by atoms with Crippen LogP contribution in [-0.2, 0) is 11.2 Å². The van der Waals surface area contributed by atoms with Crippen molar-refractivity contribution < 1.29 is 13.9 Å². The zero-order valence-electron chi connectivity index (χ0n) is 16.4. The Morgan fingerprint density at radius 3 is 2.82 bits per heavy atom. The van der Waals surface area contributed by atoms with E-state index in [1.165, 1.54) is 10.4 Å². The molecule has 3 heterocycles. The fourth-order valence-corrected chi connectivity index (χ4v) is 4.61. The van der Waals surface area contributed by atoms with Gasteiger partial charge in [-0.2, -0.15) is 0 Å². The maximum absolute atomic E-state index is 12.9. The molecule has 6 heteroatoms. The molecule has 3 aromatic rings. The molecular weight excluding hydrogens is 372 g/mol. The molecule has 1 aliphatic heterocycles. The quantitative estimate of drug-likeness (QED) is 0.677. The summed E-state index contributed by atoms with van der Waals surface area (Å²) in [6.07, 6.45) is 0.962. The number of fused-ring (bicyclic) bond motifs is 1. The molecule has 2 aromatic heterocycles. The molecule has 1 amide bonds. The third kappa shape index (κ3) is 3.85. The van der Waals surface area contributed by atoms with Gasteiger partial charge >= 0.3 is 0 Å². The first kappa shape index (κ1) is 19.2. The van der Waals surface area contributed by atoms with Crippen LogP contribution in [0.3, 0.4) is 0 Å². The number of thiophene rings is 1. The summed E-state index contributed by atoms with van der Waals surface area (Å²) >= 11 is 1.73. The SMILES string of the molecule is CCc1ccc2oc(C(=O)NCC(c3cccs3)N3CCOCC3)c(C)c2c1. The standard InChI is InChI=1S/C22H26N2O3S/c1-3-16-6-7-19-17(13-16)15(2)21(27-19)22(25)23-14-18(20-5-4-12-28-20)24-8-10-26-11-9-24/h4-7,12-13,18H,3,8-11,14H2,1-2H3,(H,23,25). The van der Waals surface area contributed by atoms with Gasteiger partial charge in [-0.25, -0.2) is 0 Å². The molecule has 1 unspecified atom stereocenters. The minimum Gasteiger partial charge on any atom is -0.451 e. The number of amides is 1. The molecule has 1 saturated heterocycles. The molecule has 1 aromatic carbocycles. The number of aryl methyl sites for hydroxylation is 2. The topological polar surface area (TPSA) is 54.7 Å². The molecule has 1 N–H and O–H groups in total. The van der Waals surface area contributed by atoms with E-state index >= 15 is 0 Å². The van der Waals surface area contributed by atoms with Gasteiger partial charge in [0.25, 0.3) is 5.91 Å². The molecule has 5 nitrogen and oxygen atoms in total. The summed E-state index contributed by atoms with van der Waals surface area (Å²) in [5.41, 5.74) is 2.91. The average molecular weight is 399 g/mol. The minimum absolute atomic E-state index is 0.151. The lowest BCUT2D eigenvalue weighted by molar-refractivity contribution is 0.0168. The molecule has 0 spiro atoms. The number of hydrogen-bond donors (Lipinski definition) is 1. The van der Waals surface area contributed by atoms with Crippen LogP contribution >= 0.6 is 11.3 Å². The summed E-state index contributed by atoms with van der Waals surface area (Å²) in [4.78, 5) is 16.5. The molecule has 1 fully saturated rings. The van der Waals surface area contributed by atoms with E-state index in [0.717, 1.165) is 49.3 Å². The molecule has 148 valence electrons. The van der Waals surface area contributed by atoms with Crippen molar-refractivity contribution in [3.8, 4) is 0 Å². The van der Waals surface area contributed by atoms with Crippen molar-refractivity contribution in [3.63, 3.8) is 0 Å². The molecule has 4 rings (SSSR count). The number of morpholine rings is 1. The summed E-state index contributed by atoms with van der Waals surface area (Å²) in [6.45, 7) is 7.86. The molecular formula is C22H26N2O3S. The normalized spacial score (nSPS) is 16.4. The molecule has 0 aliphatic carbocycles. The van der Waals surface area contributed by atoms with Gasteiger partial charge in [0, 0.05) is 35.5 Å². The zero-order valence-corrected chi connectivity index (χ0v) is 17.2. The van der Waals surface area contributed by atoms with Crippen LogP contribution in [0.25, 0.3) is 11.0 Å². The van der Waals surface area contributed by atoms with Gasteiger partial charge in [-0.3, -0.25) is 9.69 Å². The summed E-state index contributed by atoms with van der Waals surface area (Å²) in [5.74, 6) is 0.261. The molecule has 0 radical (unpaired) electrons. The molecule has 1 aliphatic rings. The lowest BCUT2D eigenvalue weighted by Crippen LogP contribution is -2.43. The Kier molecular flexibility index (Phi) is 5.80.